The van der Waals surface area contributed by atoms with E-state index in [1.54, 1.807) is 24.3 Å². The number of methoxy groups -OCH3 is 1. The van der Waals surface area contributed by atoms with E-state index in [1.165, 1.54) is 12.5 Å². The van der Waals surface area contributed by atoms with Crippen LogP contribution >= 0.6 is 11.3 Å². The molecule has 1 aromatic carbocycles. The van der Waals surface area contributed by atoms with Gasteiger partial charge in [0.05, 0.1) is 19.2 Å². The Morgan fingerprint density at radius 3 is 2.56 bits per heavy atom. The Bertz CT molecular complexity index is 834. The summed E-state index contributed by atoms with van der Waals surface area (Å²) in [6.45, 7) is 3.72. The molecule has 8 nitrogen and oxygen atoms in total. The van der Waals surface area contributed by atoms with Gasteiger partial charge in [0.2, 0.25) is 5.91 Å². The highest BCUT2D eigenvalue weighted by molar-refractivity contribution is 7.09. The van der Waals surface area contributed by atoms with E-state index in [0.717, 1.165) is 11.3 Å². The van der Waals surface area contributed by atoms with Gasteiger partial charge in [0.1, 0.15) is 16.8 Å². The minimum atomic E-state index is -1.12. The van der Waals surface area contributed by atoms with Gasteiger partial charge in [0.15, 0.2) is 5.69 Å². The predicted molar refractivity (Wildman–Crippen MR) is 100 cm³/mol. The Balaban J connectivity index is 2.03. The second kappa shape index (κ2) is 9.13. The zero-order chi connectivity index (χ0) is 20.0. The number of ether oxygens (including phenoxy) is 1. The molecule has 0 saturated carbocycles. The lowest BCUT2D eigenvalue weighted by Crippen LogP contribution is -2.49. The van der Waals surface area contributed by atoms with Crippen LogP contribution in [-0.2, 0) is 11.3 Å². The molecule has 1 atom stereocenters. The third-order valence-electron chi connectivity index (χ3n) is 3.77. The van der Waals surface area contributed by atoms with Gasteiger partial charge in [0, 0.05) is 5.38 Å². The number of carbonyl (C=O) groups excluding carboxylic acids is 2. The summed E-state index contributed by atoms with van der Waals surface area (Å²) in [7, 11) is 1.47. The molecule has 9 heteroatoms. The number of aromatic nitrogens is 1. The molecule has 0 fully saturated rings. The van der Waals surface area contributed by atoms with Crippen molar-refractivity contribution in [1.82, 2.24) is 15.6 Å². The smallest absolute Gasteiger partial charge is 0.355 e. The molecular formula is C18H21N3O5S. The second-order valence-electron chi connectivity index (χ2n) is 6.04. The molecule has 1 aromatic heterocycles. The molecule has 1 unspecified atom stereocenters. The Kier molecular flexibility index (Phi) is 6.89. The van der Waals surface area contributed by atoms with E-state index in [2.05, 4.69) is 15.6 Å². The second-order valence-corrected chi connectivity index (χ2v) is 6.99. The number of aromatic carboxylic acids is 1. The molecule has 0 saturated heterocycles. The van der Waals surface area contributed by atoms with Crippen LogP contribution < -0.4 is 15.4 Å². The monoisotopic (exact) mass is 391 g/mol. The highest BCUT2D eigenvalue weighted by Gasteiger charge is 2.26. The highest BCUT2D eigenvalue weighted by atomic mass is 32.1. The summed E-state index contributed by atoms with van der Waals surface area (Å²) in [4.78, 5) is 39.8. The maximum absolute atomic E-state index is 12.5. The molecule has 1 heterocycles. The third-order valence-corrected chi connectivity index (χ3v) is 4.62. The number of para-hydroxylation sites is 1. The van der Waals surface area contributed by atoms with Gasteiger partial charge in [0.25, 0.3) is 5.91 Å². The van der Waals surface area contributed by atoms with Crippen LogP contribution in [0.1, 0.15) is 39.7 Å². The molecule has 0 aliphatic heterocycles. The lowest BCUT2D eigenvalue weighted by atomic mass is 10.0. The SMILES string of the molecule is COc1ccccc1C(=O)NC(C(=O)NCc1nc(C(=O)O)cs1)C(C)C. The van der Waals surface area contributed by atoms with Gasteiger partial charge in [-0.3, -0.25) is 9.59 Å². The fourth-order valence-electron chi connectivity index (χ4n) is 2.35. The Labute approximate surface area is 160 Å². The maximum Gasteiger partial charge on any atom is 0.355 e. The molecule has 0 aliphatic carbocycles. The average molecular weight is 391 g/mol. The standard InChI is InChI=1S/C18H21N3O5S/c1-10(2)15(21-16(22)11-6-4-5-7-13(11)26-3)17(23)19-8-14-20-12(9-27-14)18(24)25/h4-7,9-10,15H,8H2,1-3H3,(H,19,23)(H,21,22)(H,24,25). The van der Waals surface area contributed by atoms with Crippen LogP contribution in [0.25, 0.3) is 0 Å². The van der Waals surface area contributed by atoms with Gasteiger partial charge >= 0.3 is 5.97 Å². The van der Waals surface area contributed by atoms with Crippen molar-refractivity contribution >= 4 is 29.1 Å². The molecular weight excluding hydrogens is 370 g/mol. The van der Waals surface area contributed by atoms with Crippen LogP contribution in [0.2, 0.25) is 0 Å². The van der Waals surface area contributed by atoms with Crippen molar-refractivity contribution in [2.24, 2.45) is 5.92 Å². The molecule has 2 amide bonds. The van der Waals surface area contributed by atoms with Gasteiger partial charge < -0.3 is 20.5 Å². The first-order chi connectivity index (χ1) is 12.8. The molecule has 2 rings (SSSR count). The van der Waals surface area contributed by atoms with Crippen LogP contribution in [0.4, 0.5) is 0 Å². The maximum atomic E-state index is 12.5. The van der Waals surface area contributed by atoms with E-state index in [0.29, 0.717) is 16.3 Å². The summed E-state index contributed by atoms with van der Waals surface area (Å²) in [6.07, 6.45) is 0. The number of rotatable bonds is 8. The van der Waals surface area contributed by atoms with E-state index in [-0.39, 0.29) is 24.1 Å². The van der Waals surface area contributed by atoms with E-state index in [9.17, 15) is 14.4 Å². The minimum Gasteiger partial charge on any atom is -0.496 e. The highest BCUT2D eigenvalue weighted by Crippen LogP contribution is 2.18. The van der Waals surface area contributed by atoms with Crippen molar-refractivity contribution in [3.63, 3.8) is 0 Å². The van der Waals surface area contributed by atoms with Crippen molar-refractivity contribution in [3.05, 3.63) is 45.9 Å². The molecule has 0 aliphatic rings. The summed E-state index contributed by atoms with van der Waals surface area (Å²) in [6, 6.07) is 5.99. The first kappa shape index (κ1) is 20.4. The molecule has 0 spiro atoms. The number of benzene rings is 1. The van der Waals surface area contributed by atoms with Crippen LogP contribution in [-0.4, -0.2) is 41.0 Å². The lowest BCUT2D eigenvalue weighted by Gasteiger charge is -2.22. The zero-order valence-corrected chi connectivity index (χ0v) is 16.0. The quantitative estimate of drug-likeness (QED) is 0.633. The van der Waals surface area contributed by atoms with Crippen molar-refractivity contribution in [3.8, 4) is 5.75 Å². The predicted octanol–water partition coefficient (Wildman–Crippen LogP) is 1.92. The van der Waals surface area contributed by atoms with E-state index in [4.69, 9.17) is 9.84 Å². The summed E-state index contributed by atoms with van der Waals surface area (Å²) >= 11 is 1.15. The molecule has 2 aromatic rings. The van der Waals surface area contributed by atoms with Crippen molar-refractivity contribution in [2.45, 2.75) is 26.4 Å². The van der Waals surface area contributed by atoms with Crippen molar-refractivity contribution in [2.75, 3.05) is 7.11 Å². The molecule has 0 radical (unpaired) electrons. The first-order valence-electron chi connectivity index (χ1n) is 8.22. The minimum absolute atomic E-state index is 0.0610. The zero-order valence-electron chi connectivity index (χ0n) is 15.2. The van der Waals surface area contributed by atoms with Crippen LogP contribution in [0.5, 0.6) is 5.75 Å². The summed E-state index contributed by atoms with van der Waals surface area (Å²) < 4.78 is 5.18. The lowest BCUT2D eigenvalue weighted by molar-refractivity contribution is -0.124. The van der Waals surface area contributed by atoms with E-state index in [1.807, 2.05) is 13.8 Å². The number of carbonyl (C=O) groups is 3. The number of carboxylic acid groups (broad SMARTS) is 1. The van der Waals surface area contributed by atoms with Crippen LogP contribution in [0.3, 0.4) is 0 Å². The fraction of sp³-hybridized carbons (Fsp3) is 0.333. The number of nitrogens with one attached hydrogen (secondary N) is 2. The van der Waals surface area contributed by atoms with Gasteiger partial charge in [-0.15, -0.1) is 11.3 Å². The van der Waals surface area contributed by atoms with E-state index < -0.39 is 17.9 Å². The molecule has 3 N–H and O–H groups in total. The van der Waals surface area contributed by atoms with Gasteiger partial charge in [-0.25, -0.2) is 9.78 Å². The number of hydrogen-bond acceptors (Lipinski definition) is 6. The molecule has 27 heavy (non-hydrogen) atoms. The van der Waals surface area contributed by atoms with Crippen LogP contribution in [0.15, 0.2) is 29.6 Å². The fourth-order valence-corrected chi connectivity index (χ4v) is 3.06. The van der Waals surface area contributed by atoms with Crippen molar-refractivity contribution < 1.29 is 24.2 Å². The van der Waals surface area contributed by atoms with Crippen LogP contribution in [0, 0.1) is 5.92 Å². The summed E-state index contributed by atoms with van der Waals surface area (Å²) in [5.74, 6) is -1.64. The van der Waals surface area contributed by atoms with E-state index >= 15 is 0 Å². The largest absolute Gasteiger partial charge is 0.496 e. The Morgan fingerprint density at radius 2 is 1.96 bits per heavy atom. The number of hydrogen-bond donors (Lipinski definition) is 3. The first-order valence-corrected chi connectivity index (χ1v) is 9.10. The van der Waals surface area contributed by atoms with Gasteiger partial charge in [-0.05, 0) is 18.1 Å². The number of carboxylic acids is 1. The summed E-state index contributed by atoms with van der Waals surface area (Å²) in [5.41, 5.74) is 0.276. The molecule has 144 valence electrons. The topological polar surface area (TPSA) is 118 Å². The van der Waals surface area contributed by atoms with Crippen molar-refractivity contribution in [1.29, 1.82) is 0 Å². The average Bonchev–Trinajstić information content (AvgIpc) is 3.13. The number of nitrogens with zero attached hydrogens (tertiary/aromatic N) is 1. The Morgan fingerprint density at radius 1 is 1.26 bits per heavy atom. The summed E-state index contributed by atoms with van der Waals surface area (Å²) in [5, 5.41) is 16.2. The van der Waals surface area contributed by atoms with Gasteiger partial charge in [-0.2, -0.15) is 0 Å². The Hall–Kier alpha value is -2.94. The number of amides is 2. The number of thiazole rings is 1. The van der Waals surface area contributed by atoms with Gasteiger partial charge in [-0.1, -0.05) is 26.0 Å². The normalized spacial score (nSPS) is 11.7. The molecule has 0 bridgehead atoms. The third kappa shape index (κ3) is 5.27.